The molecular formula is C14H24FN. The molecule has 0 aromatic heterocycles. The van der Waals surface area contributed by atoms with Gasteiger partial charge in [0.25, 0.3) is 0 Å². The minimum atomic E-state index is -0.498. The fourth-order valence-corrected chi connectivity index (χ4v) is 4.53. The smallest absolute Gasteiger partial charge is 0.108 e. The van der Waals surface area contributed by atoms with E-state index >= 15 is 0 Å². The highest BCUT2D eigenvalue weighted by Crippen LogP contribution is 2.66. The number of nitrogens with zero attached hydrogens (tertiary/aromatic N) is 1. The Morgan fingerprint density at radius 2 is 2.06 bits per heavy atom. The lowest BCUT2D eigenvalue weighted by atomic mass is 9.68. The van der Waals surface area contributed by atoms with Crippen LogP contribution >= 0.6 is 0 Å². The Bertz CT molecular complexity index is 314. The predicted octanol–water partition coefficient (Wildman–Crippen LogP) is 3.39. The van der Waals surface area contributed by atoms with Gasteiger partial charge >= 0.3 is 0 Å². The molecule has 1 saturated carbocycles. The van der Waals surface area contributed by atoms with E-state index in [-0.39, 0.29) is 5.41 Å². The van der Waals surface area contributed by atoms with Crippen molar-refractivity contribution in [1.29, 1.82) is 0 Å². The summed E-state index contributed by atoms with van der Waals surface area (Å²) >= 11 is 0. The summed E-state index contributed by atoms with van der Waals surface area (Å²) < 4.78 is 13.6. The summed E-state index contributed by atoms with van der Waals surface area (Å²) in [6.07, 6.45) is 5.25. The molecule has 0 N–H and O–H groups in total. The molecule has 1 spiro atoms. The van der Waals surface area contributed by atoms with Crippen molar-refractivity contribution in [1.82, 2.24) is 4.90 Å². The van der Waals surface area contributed by atoms with Crippen molar-refractivity contribution in [3.05, 3.63) is 0 Å². The van der Waals surface area contributed by atoms with Gasteiger partial charge in [0.1, 0.15) is 6.17 Å². The Kier molecular flexibility index (Phi) is 2.07. The van der Waals surface area contributed by atoms with Crippen molar-refractivity contribution in [2.24, 2.45) is 10.8 Å². The lowest BCUT2D eigenvalue weighted by molar-refractivity contribution is 0.0822. The van der Waals surface area contributed by atoms with E-state index in [9.17, 15) is 4.39 Å². The number of rotatable bonds is 2. The molecule has 3 aliphatic rings. The summed E-state index contributed by atoms with van der Waals surface area (Å²) in [6.45, 7) is 9.31. The van der Waals surface area contributed by atoms with E-state index in [1.54, 1.807) is 0 Å². The van der Waals surface area contributed by atoms with Crippen LogP contribution in [0, 0.1) is 10.8 Å². The first-order chi connectivity index (χ1) is 7.46. The second kappa shape index (κ2) is 3.01. The molecule has 0 bridgehead atoms. The van der Waals surface area contributed by atoms with Gasteiger partial charge < -0.3 is 0 Å². The van der Waals surface area contributed by atoms with Gasteiger partial charge in [-0.2, -0.15) is 0 Å². The SMILES string of the molecule is CCC[C@]12C[C@]3(C[C@@H]3F)CN1CCC2(C)C. The Hall–Kier alpha value is -0.110. The first-order valence-electron chi connectivity index (χ1n) is 6.85. The molecule has 3 atom stereocenters. The molecule has 1 nitrogen and oxygen atoms in total. The topological polar surface area (TPSA) is 3.24 Å². The zero-order chi connectivity index (χ0) is 11.6. The summed E-state index contributed by atoms with van der Waals surface area (Å²) in [7, 11) is 0. The van der Waals surface area contributed by atoms with Gasteiger partial charge in [0.15, 0.2) is 0 Å². The van der Waals surface area contributed by atoms with Gasteiger partial charge in [-0.1, -0.05) is 27.2 Å². The standard InChI is InChI=1S/C14H24FN/c1-4-5-14-9-13(8-11(13)15)10-16(14)7-6-12(14,2)3/h11H,4-10H2,1-3H3/t11-,13+,14+/m0/s1. The van der Waals surface area contributed by atoms with Gasteiger partial charge in [-0.25, -0.2) is 4.39 Å². The van der Waals surface area contributed by atoms with E-state index in [2.05, 4.69) is 25.7 Å². The molecule has 2 aliphatic heterocycles. The first kappa shape index (κ1) is 11.0. The molecule has 2 saturated heterocycles. The molecule has 16 heavy (non-hydrogen) atoms. The van der Waals surface area contributed by atoms with Crippen LogP contribution < -0.4 is 0 Å². The molecule has 1 aliphatic carbocycles. The van der Waals surface area contributed by atoms with Crippen molar-refractivity contribution >= 4 is 0 Å². The number of alkyl halides is 1. The van der Waals surface area contributed by atoms with Gasteiger partial charge in [0, 0.05) is 17.5 Å². The molecule has 0 amide bonds. The van der Waals surface area contributed by atoms with E-state index in [4.69, 9.17) is 0 Å². The minimum Gasteiger partial charge on any atom is -0.296 e. The van der Waals surface area contributed by atoms with Gasteiger partial charge in [-0.05, 0) is 37.6 Å². The average molecular weight is 225 g/mol. The van der Waals surface area contributed by atoms with Gasteiger partial charge in [-0.15, -0.1) is 0 Å². The average Bonchev–Trinajstić information content (AvgIpc) is 2.58. The third-order valence-corrected chi connectivity index (χ3v) is 5.78. The van der Waals surface area contributed by atoms with Crippen LogP contribution in [0.2, 0.25) is 0 Å². The summed E-state index contributed by atoms with van der Waals surface area (Å²) in [6, 6.07) is 0. The number of hydrogen-bond donors (Lipinski definition) is 0. The van der Waals surface area contributed by atoms with Crippen molar-refractivity contribution in [3.8, 4) is 0 Å². The van der Waals surface area contributed by atoms with Crippen molar-refractivity contribution in [2.45, 2.75) is 64.6 Å². The predicted molar refractivity (Wildman–Crippen MR) is 64.2 cm³/mol. The largest absolute Gasteiger partial charge is 0.296 e. The summed E-state index contributed by atoms with van der Waals surface area (Å²) in [5.74, 6) is 0. The second-order valence-electron chi connectivity index (χ2n) is 7.05. The first-order valence-corrected chi connectivity index (χ1v) is 6.85. The number of halogens is 1. The van der Waals surface area contributed by atoms with Crippen molar-refractivity contribution in [2.75, 3.05) is 13.1 Å². The maximum absolute atomic E-state index is 13.6. The Labute approximate surface area is 98.4 Å². The Balaban J connectivity index is 1.93. The third-order valence-electron chi connectivity index (χ3n) is 5.78. The molecule has 92 valence electrons. The maximum atomic E-state index is 13.6. The highest BCUT2D eigenvalue weighted by atomic mass is 19.1. The lowest BCUT2D eigenvalue weighted by Gasteiger charge is -2.43. The molecule has 3 fully saturated rings. The highest BCUT2D eigenvalue weighted by Gasteiger charge is 2.69. The zero-order valence-electron chi connectivity index (χ0n) is 10.9. The van der Waals surface area contributed by atoms with Crippen LogP contribution in [-0.4, -0.2) is 29.7 Å². The van der Waals surface area contributed by atoms with Crippen LogP contribution in [0.3, 0.4) is 0 Å². The van der Waals surface area contributed by atoms with E-state index in [0.29, 0.717) is 11.0 Å². The summed E-state index contributed by atoms with van der Waals surface area (Å²) in [5, 5.41) is 0. The van der Waals surface area contributed by atoms with Crippen LogP contribution in [0.4, 0.5) is 4.39 Å². The summed E-state index contributed by atoms with van der Waals surface area (Å²) in [4.78, 5) is 2.64. The normalized spacial score (nSPS) is 49.9. The van der Waals surface area contributed by atoms with Crippen LogP contribution in [0.5, 0.6) is 0 Å². The molecule has 0 aromatic carbocycles. The molecule has 0 unspecified atom stereocenters. The van der Waals surface area contributed by atoms with Crippen molar-refractivity contribution in [3.63, 3.8) is 0 Å². The Morgan fingerprint density at radius 3 is 2.62 bits per heavy atom. The monoisotopic (exact) mass is 225 g/mol. The molecule has 0 aromatic rings. The molecule has 2 heterocycles. The maximum Gasteiger partial charge on any atom is 0.108 e. The second-order valence-corrected chi connectivity index (χ2v) is 7.05. The zero-order valence-corrected chi connectivity index (χ0v) is 10.9. The number of fused-ring (bicyclic) bond motifs is 1. The van der Waals surface area contributed by atoms with E-state index in [1.165, 1.54) is 25.8 Å². The van der Waals surface area contributed by atoms with Gasteiger partial charge in [-0.3, -0.25) is 4.90 Å². The van der Waals surface area contributed by atoms with E-state index in [1.807, 2.05) is 0 Å². The molecule has 0 radical (unpaired) electrons. The van der Waals surface area contributed by atoms with Crippen LogP contribution in [0.25, 0.3) is 0 Å². The minimum absolute atomic E-state index is 0.0762. The quantitative estimate of drug-likeness (QED) is 0.696. The fourth-order valence-electron chi connectivity index (χ4n) is 4.53. The van der Waals surface area contributed by atoms with E-state index < -0.39 is 6.17 Å². The van der Waals surface area contributed by atoms with Gasteiger partial charge in [0.05, 0.1) is 0 Å². The molecule has 2 heteroatoms. The van der Waals surface area contributed by atoms with Gasteiger partial charge in [0.2, 0.25) is 0 Å². The van der Waals surface area contributed by atoms with Crippen LogP contribution in [-0.2, 0) is 0 Å². The molecule has 3 rings (SSSR count). The van der Waals surface area contributed by atoms with E-state index in [0.717, 1.165) is 19.4 Å². The lowest BCUT2D eigenvalue weighted by Crippen LogP contribution is -2.47. The molecular weight excluding hydrogens is 201 g/mol. The Morgan fingerprint density at radius 1 is 1.38 bits per heavy atom. The third kappa shape index (κ3) is 1.15. The highest BCUT2D eigenvalue weighted by molar-refractivity contribution is 5.22. The number of hydrogen-bond acceptors (Lipinski definition) is 1. The van der Waals surface area contributed by atoms with Crippen molar-refractivity contribution < 1.29 is 4.39 Å². The van der Waals surface area contributed by atoms with Crippen LogP contribution in [0.15, 0.2) is 0 Å². The fraction of sp³-hybridized carbons (Fsp3) is 1.00. The van der Waals surface area contributed by atoms with Crippen LogP contribution in [0.1, 0.15) is 52.9 Å². The summed E-state index contributed by atoms with van der Waals surface area (Å²) in [5.41, 5.74) is 0.782.